The SMILES string of the molecule is COc1nccc2cc(C(=O)N[C@H](C)C(=O)N3CCC4(CC3)CC4)[nH]c12. The van der Waals surface area contributed by atoms with Crippen LogP contribution in [0.1, 0.15) is 43.1 Å². The van der Waals surface area contributed by atoms with Crippen molar-refractivity contribution in [1.29, 1.82) is 0 Å². The second kappa shape index (κ2) is 6.30. The fraction of sp³-hybridized carbons (Fsp3) is 0.526. The minimum Gasteiger partial charge on any atom is -0.479 e. The highest BCUT2D eigenvalue weighted by molar-refractivity contribution is 6.00. The molecule has 1 aliphatic carbocycles. The number of H-pyrrole nitrogens is 1. The molecule has 0 radical (unpaired) electrons. The van der Waals surface area contributed by atoms with Crippen LogP contribution in [-0.4, -0.2) is 52.9 Å². The molecule has 26 heavy (non-hydrogen) atoms. The van der Waals surface area contributed by atoms with Gasteiger partial charge in [-0.25, -0.2) is 4.98 Å². The summed E-state index contributed by atoms with van der Waals surface area (Å²) in [6, 6.07) is 2.99. The zero-order chi connectivity index (χ0) is 18.3. The first-order valence-electron chi connectivity index (χ1n) is 9.13. The number of carbonyl (C=O) groups excluding carboxylic acids is 2. The number of ether oxygens (including phenoxy) is 1. The Bertz CT molecular complexity index is 846. The number of aromatic amines is 1. The van der Waals surface area contributed by atoms with E-state index in [1.807, 2.05) is 4.90 Å². The van der Waals surface area contributed by atoms with E-state index in [4.69, 9.17) is 4.74 Å². The molecule has 7 heteroatoms. The number of nitrogens with zero attached hydrogens (tertiary/aromatic N) is 2. The van der Waals surface area contributed by atoms with E-state index in [2.05, 4.69) is 15.3 Å². The number of hydrogen-bond donors (Lipinski definition) is 2. The predicted octanol–water partition coefficient (Wildman–Crippen LogP) is 2.09. The fourth-order valence-electron chi connectivity index (χ4n) is 3.79. The molecule has 1 atom stereocenters. The smallest absolute Gasteiger partial charge is 0.268 e. The second-order valence-corrected chi connectivity index (χ2v) is 7.49. The average Bonchev–Trinajstić information content (AvgIpc) is 3.25. The number of methoxy groups -OCH3 is 1. The first-order valence-corrected chi connectivity index (χ1v) is 9.13. The lowest BCUT2D eigenvalue weighted by molar-refractivity contribution is -0.134. The molecule has 2 N–H and O–H groups in total. The normalized spacial score (nSPS) is 19.4. The van der Waals surface area contributed by atoms with Crippen molar-refractivity contribution in [3.63, 3.8) is 0 Å². The van der Waals surface area contributed by atoms with E-state index in [0.29, 0.717) is 22.5 Å². The minimum atomic E-state index is -0.554. The van der Waals surface area contributed by atoms with Gasteiger partial charge < -0.3 is 19.9 Å². The van der Waals surface area contributed by atoms with Crippen LogP contribution in [0.2, 0.25) is 0 Å². The summed E-state index contributed by atoms with van der Waals surface area (Å²) in [5.74, 6) is 0.122. The molecule has 1 saturated heterocycles. The molecule has 2 aliphatic rings. The molecule has 0 bridgehead atoms. The lowest BCUT2D eigenvalue weighted by atomic mass is 9.93. The molecule has 3 heterocycles. The Morgan fingerprint density at radius 1 is 1.31 bits per heavy atom. The van der Waals surface area contributed by atoms with E-state index < -0.39 is 6.04 Å². The van der Waals surface area contributed by atoms with E-state index in [1.54, 1.807) is 25.3 Å². The van der Waals surface area contributed by atoms with E-state index in [1.165, 1.54) is 20.0 Å². The molecular weight excluding hydrogens is 332 g/mol. The summed E-state index contributed by atoms with van der Waals surface area (Å²) in [7, 11) is 1.54. The highest BCUT2D eigenvalue weighted by Crippen LogP contribution is 2.53. The Morgan fingerprint density at radius 3 is 2.69 bits per heavy atom. The van der Waals surface area contributed by atoms with Gasteiger partial charge in [-0.2, -0.15) is 0 Å². The van der Waals surface area contributed by atoms with Crippen molar-refractivity contribution in [3.05, 3.63) is 24.0 Å². The third-order valence-corrected chi connectivity index (χ3v) is 5.76. The van der Waals surface area contributed by atoms with E-state index >= 15 is 0 Å². The molecule has 2 amide bonds. The van der Waals surface area contributed by atoms with Crippen LogP contribution in [0.4, 0.5) is 0 Å². The van der Waals surface area contributed by atoms with Crippen LogP contribution in [-0.2, 0) is 4.79 Å². The van der Waals surface area contributed by atoms with Crippen LogP contribution < -0.4 is 10.1 Å². The third kappa shape index (κ3) is 3.02. The molecule has 7 nitrogen and oxygen atoms in total. The van der Waals surface area contributed by atoms with Gasteiger partial charge in [0.25, 0.3) is 5.91 Å². The molecule has 4 rings (SSSR count). The second-order valence-electron chi connectivity index (χ2n) is 7.49. The van der Waals surface area contributed by atoms with Gasteiger partial charge in [0.2, 0.25) is 11.8 Å². The topological polar surface area (TPSA) is 87.3 Å². The van der Waals surface area contributed by atoms with Crippen molar-refractivity contribution < 1.29 is 14.3 Å². The third-order valence-electron chi connectivity index (χ3n) is 5.76. The van der Waals surface area contributed by atoms with Crippen LogP contribution >= 0.6 is 0 Å². The van der Waals surface area contributed by atoms with Crippen LogP contribution in [0.25, 0.3) is 10.9 Å². The van der Waals surface area contributed by atoms with Crippen molar-refractivity contribution in [1.82, 2.24) is 20.2 Å². The van der Waals surface area contributed by atoms with Crippen molar-refractivity contribution in [3.8, 4) is 5.88 Å². The highest BCUT2D eigenvalue weighted by Gasteiger charge is 2.45. The predicted molar refractivity (Wildman–Crippen MR) is 97.1 cm³/mol. The highest BCUT2D eigenvalue weighted by atomic mass is 16.5. The number of pyridine rings is 1. The number of aromatic nitrogens is 2. The molecular formula is C19H24N4O3. The van der Waals surface area contributed by atoms with E-state index in [-0.39, 0.29) is 11.8 Å². The molecule has 138 valence electrons. The van der Waals surface area contributed by atoms with Gasteiger partial charge in [-0.05, 0) is 50.2 Å². The molecule has 1 spiro atoms. The Kier molecular flexibility index (Phi) is 4.09. The lowest BCUT2D eigenvalue weighted by Crippen LogP contribution is -2.49. The van der Waals surface area contributed by atoms with Crippen LogP contribution in [0.15, 0.2) is 18.3 Å². The average molecular weight is 356 g/mol. The number of amides is 2. The maximum Gasteiger partial charge on any atom is 0.268 e. The largest absolute Gasteiger partial charge is 0.479 e. The van der Waals surface area contributed by atoms with E-state index in [0.717, 1.165) is 31.3 Å². The summed E-state index contributed by atoms with van der Waals surface area (Å²) in [5, 5.41) is 3.64. The van der Waals surface area contributed by atoms with Gasteiger partial charge in [0.15, 0.2) is 0 Å². The first kappa shape index (κ1) is 16.9. The van der Waals surface area contributed by atoms with E-state index in [9.17, 15) is 9.59 Å². The zero-order valence-electron chi connectivity index (χ0n) is 15.2. The maximum absolute atomic E-state index is 12.6. The van der Waals surface area contributed by atoms with Crippen LogP contribution in [0.3, 0.4) is 0 Å². The summed E-state index contributed by atoms with van der Waals surface area (Å²) in [4.78, 5) is 34.2. The number of piperidine rings is 1. The van der Waals surface area contributed by atoms with Gasteiger partial charge in [-0.1, -0.05) is 0 Å². The van der Waals surface area contributed by atoms with Gasteiger partial charge >= 0.3 is 0 Å². The molecule has 2 fully saturated rings. The summed E-state index contributed by atoms with van der Waals surface area (Å²) in [6.45, 7) is 3.34. The number of hydrogen-bond acceptors (Lipinski definition) is 4. The van der Waals surface area contributed by atoms with Gasteiger partial charge in [0.05, 0.1) is 7.11 Å². The Balaban J connectivity index is 1.41. The quantitative estimate of drug-likeness (QED) is 0.878. The number of rotatable bonds is 4. The molecule has 2 aromatic heterocycles. The van der Waals surface area contributed by atoms with Gasteiger partial charge in [-0.15, -0.1) is 0 Å². The molecule has 0 unspecified atom stereocenters. The summed E-state index contributed by atoms with van der Waals surface area (Å²) < 4.78 is 5.21. The number of fused-ring (bicyclic) bond motifs is 1. The summed E-state index contributed by atoms with van der Waals surface area (Å²) in [5.41, 5.74) is 1.59. The molecule has 0 aromatic carbocycles. The van der Waals surface area contributed by atoms with Crippen LogP contribution in [0, 0.1) is 5.41 Å². The monoisotopic (exact) mass is 356 g/mol. The Labute approximate surface area is 152 Å². The fourth-order valence-corrected chi connectivity index (χ4v) is 3.79. The lowest BCUT2D eigenvalue weighted by Gasteiger charge is -2.33. The van der Waals surface area contributed by atoms with Crippen LogP contribution in [0.5, 0.6) is 5.88 Å². The van der Waals surface area contributed by atoms with Gasteiger partial charge in [0, 0.05) is 24.7 Å². The number of likely N-dealkylation sites (tertiary alicyclic amines) is 1. The van der Waals surface area contributed by atoms with Crippen molar-refractivity contribution >= 4 is 22.7 Å². The number of carbonyl (C=O) groups is 2. The van der Waals surface area contributed by atoms with Crippen molar-refractivity contribution in [2.75, 3.05) is 20.2 Å². The van der Waals surface area contributed by atoms with Crippen molar-refractivity contribution in [2.24, 2.45) is 5.41 Å². The molecule has 2 aromatic rings. The van der Waals surface area contributed by atoms with Crippen molar-refractivity contribution in [2.45, 2.75) is 38.6 Å². The standard InChI is InChI=1S/C19H24N4O3/c1-12(18(25)23-9-6-19(4-5-19)7-10-23)21-16(24)14-11-13-3-8-20-17(26-2)15(13)22-14/h3,8,11-12,22H,4-7,9-10H2,1-2H3,(H,21,24)/t12-/m1/s1. The molecule has 1 saturated carbocycles. The maximum atomic E-state index is 12.6. The number of nitrogens with one attached hydrogen (secondary N) is 2. The summed E-state index contributed by atoms with van der Waals surface area (Å²) in [6.07, 6.45) is 6.42. The Hall–Kier alpha value is -2.57. The zero-order valence-corrected chi connectivity index (χ0v) is 15.2. The first-order chi connectivity index (χ1) is 12.5. The minimum absolute atomic E-state index is 0.00999. The Morgan fingerprint density at radius 2 is 2.04 bits per heavy atom. The molecule has 1 aliphatic heterocycles. The van der Waals surface area contributed by atoms with Gasteiger partial charge in [0.1, 0.15) is 17.3 Å². The summed E-state index contributed by atoms with van der Waals surface area (Å²) >= 11 is 0. The van der Waals surface area contributed by atoms with Gasteiger partial charge in [-0.3, -0.25) is 9.59 Å².